The average molecular weight is 466 g/mol. The molecule has 0 bridgehead atoms. The lowest BCUT2D eigenvalue weighted by molar-refractivity contribution is -0.175. The van der Waals surface area contributed by atoms with Crippen LogP contribution >= 0.6 is 0 Å². The highest BCUT2D eigenvalue weighted by Gasteiger charge is 2.34. The van der Waals surface area contributed by atoms with Crippen molar-refractivity contribution >= 4 is 11.6 Å². The second kappa shape index (κ2) is 11.0. The zero-order valence-corrected chi connectivity index (χ0v) is 16.6. The monoisotopic (exact) mass is 466 g/mol. The molecule has 32 heavy (non-hydrogen) atoms. The summed E-state index contributed by atoms with van der Waals surface area (Å²) < 4.78 is 80.3. The number of alkyl halides is 6. The summed E-state index contributed by atoms with van der Waals surface area (Å²) in [5.74, 6) is -1.37. The lowest BCUT2D eigenvalue weighted by Gasteiger charge is -2.18. The first kappa shape index (κ1) is 25.2. The van der Waals surface area contributed by atoms with Crippen molar-refractivity contribution in [3.8, 4) is 11.5 Å². The molecule has 0 atom stereocenters. The van der Waals surface area contributed by atoms with Gasteiger partial charge in [-0.15, -0.1) is 0 Å². The van der Waals surface area contributed by atoms with E-state index in [1.807, 2.05) is 18.2 Å². The highest BCUT2D eigenvalue weighted by molar-refractivity contribution is 5.74. The van der Waals surface area contributed by atoms with Gasteiger partial charge in [0.2, 0.25) is 11.7 Å². The largest absolute Gasteiger partial charge is 0.454 e. The van der Waals surface area contributed by atoms with E-state index in [0.717, 1.165) is 44.0 Å². The van der Waals surface area contributed by atoms with Gasteiger partial charge in [0.15, 0.2) is 5.75 Å². The Morgan fingerprint density at radius 2 is 1.66 bits per heavy atom. The second-order valence-corrected chi connectivity index (χ2v) is 6.61. The molecule has 3 rings (SSSR count). The van der Waals surface area contributed by atoms with Gasteiger partial charge in [-0.2, -0.15) is 26.3 Å². The van der Waals surface area contributed by atoms with Crippen LogP contribution < -0.4 is 15.4 Å². The van der Waals surface area contributed by atoms with Crippen LogP contribution in [0.4, 0.5) is 32.0 Å². The molecule has 2 heterocycles. The molecular weight excluding hydrogens is 446 g/mol. The van der Waals surface area contributed by atoms with Gasteiger partial charge in [0, 0.05) is 24.8 Å². The van der Waals surface area contributed by atoms with Crippen molar-refractivity contribution in [2.24, 2.45) is 5.73 Å². The predicted octanol–water partition coefficient (Wildman–Crippen LogP) is 3.94. The number of amides is 1. The Morgan fingerprint density at radius 3 is 2.19 bits per heavy atom. The number of halogens is 6. The van der Waals surface area contributed by atoms with Crippen LogP contribution in [0.5, 0.6) is 11.5 Å². The van der Waals surface area contributed by atoms with Crippen LogP contribution in [0.15, 0.2) is 36.7 Å². The summed E-state index contributed by atoms with van der Waals surface area (Å²) in [5.41, 5.74) is 5.53. The lowest BCUT2D eigenvalue weighted by atomic mass is 10.3. The molecule has 1 aromatic heterocycles. The average Bonchev–Trinajstić information content (AvgIpc) is 3.22. The third kappa shape index (κ3) is 8.96. The molecule has 0 radical (unpaired) electrons. The zero-order valence-electron chi connectivity index (χ0n) is 16.6. The van der Waals surface area contributed by atoms with Crippen molar-refractivity contribution in [2.45, 2.75) is 25.2 Å². The molecule has 2 N–H and O–H groups in total. The molecule has 0 saturated carbocycles. The minimum atomic E-state index is -4.55. The van der Waals surface area contributed by atoms with Crippen molar-refractivity contribution in [2.75, 3.05) is 31.2 Å². The Bertz CT molecular complexity index is 869. The first-order valence-electron chi connectivity index (χ1n) is 9.29. The summed E-state index contributed by atoms with van der Waals surface area (Å²) >= 11 is 0. The van der Waals surface area contributed by atoms with E-state index in [1.54, 1.807) is 6.07 Å². The Balaban J connectivity index is 0.000000309. The van der Waals surface area contributed by atoms with Gasteiger partial charge < -0.3 is 20.1 Å². The molecular formula is C19H20F6N4O3. The Hall–Kier alpha value is -3.09. The summed E-state index contributed by atoms with van der Waals surface area (Å²) in [7, 11) is 0. The fraction of sp³-hybridized carbons (Fsp3) is 0.421. The number of aromatic nitrogens is 2. The van der Waals surface area contributed by atoms with Crippen LogP contribution in [-0.2, 0) is 15.7 Å². The van der Waals surface area contributed by atoms with Gasteiger partial charge in [-0.1, -0.05) is 6.07 Å². The molecule has 7 nitrogen and oxygen atoms in total. The van der Waals surface area contributed by atoms with E-state index in [0.29, 0.717) is 5.75 Å². The molecule has 1 aliphatic heterocycles. The minimum Gasteiger partial charge on any atom is -0.454 e. The Labute approximate surface area is 179 Å². The Kier molecular flexibility index (Phi) is 8.63. The summed E-state index contributed by atoms with van der Waals surface area (Å²) in [6.07, 6.45) is -4.56. The van der Waals surface area contributed by atoms with Crippen molar-refractivity contribution in [1.82, 2.24) is 9.97 Å². The van der Waals surface area contributed by atoms with Gasteiger partial charge >= 0.3 is 12.4 Å². The minimum absolute atomic E-state index is 0.173. The number of benzene rings is 1. The number of hydrogen-bond donors (Lipinski definition) is 1. The highest BCUT2D eigenvalue weighted by Crippen LogP contribution is 2.29. The summed E-state index contributed by atoms with van der Waals surface area (Å²) in [6.45, 7) is -0.116. The topological polar surface area (TPSA) is 90.6 Å². The molecule has 13 heteroatoms. The van der Waals surface area contributed by atoms with Crippen LogP contribution in [0, 0.1) is 0 Å². The standard InChI is InChI=1S/C15H14F3N3O.C4H6F3NO2/c16-15(17,18)14-19-9-13(10-20-14)22-12-5-3-4-11(8-12)21-6-1-2-7-21;5-4(6,7)2-10-1-3(8)9/h3-5,8-10H,1-2,6-7H2;1-2H2,(H2,8,9). The van der Waals surface area contributed by atoms with E-state index in [-0.39, 0.29) is 5.75 Å². The number of primary amides is 1. The van der Waals surface area contributed by atoms with E-state index >= 15 is 0 Å². The number of anilines is 1. The van der Waals surface area contributed by atoms with Crippen LogP contribution in [-0.4, -0.2) is 48.4 Å². The quantitative estimate of drug-likeness (QED) is 0.649. The van der Waals surface area contributed by atoms with Gasteiger partial charge in [0.1, 0.15) is 19.0 Å². The van der Waals surface area contributed by atoms with E-state index < -0.39 is 37.3 Å². The highest BCUT2D eigenvalue weighted by atomic mass is 19.4. The van der Waals surface area contributed by atoms with E-state index in [2.05, 4.69) is 25.3 Å². The summed E-state index contributed by atoms with van der Waals surface area (Å²) in [4.78, 5) is 18.6. The van der Waals surface area contributed by atoms with Crippen LogP contribution in [0.25, 0.3) is 0 Å². The first-order chi connectivity index (χ1) is 14.9. The van der Waals surface area contributed by atoms with Crippen molar-refractivity contribution < 1.29 is 40.6 Å². The van der Waals surface area contributed by atoms with Crippen LogP contribution in [0.1, 0.15) is 18.7 Å². The maximum Gasteiger partial charge on any atom is 0.451 e. The molecule has 1 aliphatic rings. The van der Waals surface area contributed by atoms with Crippen molar-refractivity contribution in [3.63, 3.8) is 0 Å². The molecule has 2 aromatic rings. The molecule has 0 aliphatic carbocycles. The normalized spacial score (nSPS) is 14.0. The van der Waals surface area contributed by atoms with E-state index in [4.69, 9.17) is 4.74 Å². The molecule has 1 fully saturated rings. The van der Waals surface area contributed by atoms with Gasteiger partial charge in [0.25, 0.3) is 0 Å². The van der Waals surface area contributed by atoms with Crippen LogP contribution in [0.3, 0.4) is 0 Å². The summed E-state index contributed by atoms with van der Waals surface area (Å²) in [6, 6.07) is 7.45. The molecule has 0 unspecified atom stereocenters. The number of rotatable bonds is 6. The van der Waals surface area contributed by atoms with Crippen LogP contribution in [0.2, 0.25) is 0 Å². The van der Waals surface area contributed by atoms with Gasteiger partial charge in [-0.3, -0.25) is 4.79 Å². The third-order valence-electron chi connectivity index (χ3n) is 3.92. The maximum absolute atomic E-state index is 12.4. The fourth-order valence-electron chi connectivity index (χ4n) is 2.64. The predicted molar refractivity (Wildman–Crippen MR) is 101 cm³/mol. The number of ether oxygens (including phenoxy) is 2. The number of carbonyl (C=O) groups excluding carboxylic acids is 1. The van der Waals surface area contributed by atoms with Gasteiger partial charge in [0.05, 0.1) is 12.4 Å². The Morgan fingerprint density at radius 1 is 1.03 bits per heavy atom. The molecule has 176 valence electrons. The molecule has 0 spiro atoms. The maximum atomic E-state index is 12.4. The lowest BCUT2D eigenvalue weighted by Crippen LogP contribution is -2.24. The number of nitrogens with zero attached hydrogens (tertiary/aromatic N) is 3. The zero-order chi connectivity index (χ0) is 23.8. The van der Waals surface area contributed by atoms with Crippen molar-refractivity contribution in [1.29, 1.82) is 0 Å². The fourth-order valence-corrected chi connectivity index (χ4v) is 2.64. The SMILES string of the molecule is FC(F)(F)c1ncc(Oc2cccc(N3CCCC3)c2)cn1.NC(=O)COCC(F)(F)F. The van der Waals surface area contributed by atoms with Crippen molar-refractivity contribution in [3.05, 3.63) is 42.5 Å². The van der Waals surface area contributed by atoms with E-state index in [9.17, 15) is 31.1 Å². The van der Waals surface area contributed by atoms with Gasteiger partial charge in [-0.05, 0) is 25.0 Å². The van der Waals surface area contributed by atoms with Gasteiger partial charge in [-0.25, -0.2) is 9.97 Å². The number of nitrogens with two attached hydrogens (primary N) is 1. The smallest absolute Gasteiger partial charge is 0.451 e. The first-order valence-corrected chi connectivity index (χ1v) is 9.29. The second-order valence-electron chi connectivity index (χ2n) is 6.61. The van der Waals surface area contributed by atoms with E-state index in [1.165, 1.54) is 0 Å². The molecule has 1 saturated heterocycles. The molecule has 1 amide bonds. The third-order valence-corrected chi connectivity index (χ3v) is 3.92. The number of hydrogen-bond acceptors (Lipinski definition) is 6. The molecule has 1 aromatic carbocycles. The number of carbonyl (C=O) groups is 1. The summed E-state index contributed by atoms with van der Waals surface area (Å²) in [5, 5.41) is 0.